The highest BCUT2D eigenvalue weighted by atomic mass is 16.6. The van der Waals surface area contributed by atoms with E-state index in [-0.39, 0.29) is 12.7 Å². The van der Waals surface area contributed by atoms with Gasteiger partial charge in [-0.05, 0) is 24.7 Å². The number of hydrogen-bond donors (Lipinski definition) is 1. The van der Waals surface area contributed by atoms with Crippen LogP contribution in [0.1, 0.15) is 47.5 Å². The van der Waals surface area contributed by atoms with Crippen LogP contribution in [-0.4, -0.2) is 32.5 Å². The van der Waals surface area contributed by atoms with Crippen LogP contribution in [0.3, 0.4) is 0 Å². The summed E-state index contributed by atoms with van der Waals surface area (Å²) in [6.45, 7) is 16.3. The number of carbonyl (C=O) groups excluding carboxylic acids is 1. The largest absolute Gasteiger partial charge is 0.447 e. The van der Waals surface area contributed by atoms with E-state index in [1.54, 1.807) is 0 Å². The normalized spacial score (nSPS) is 12.8. The summed E-state index contributed by atoms with van der Waals surface area (Å²) in [4.78, 5) is 11.5. The highest BCUT2D eigenvalue weighted by molar-refractivity contribution is 5.67. The first-order valence-electron chi connectivity index (χ1n) is 7.39. The van der Waals surface area contributed by atoms with E-state index in [9.17, 15) is 4.79 Å². The third kappa shape index (κ3) is 10.9. The van der Waals surface area contributed by atoms with E-state index < -0.39 is 0 Å². The molecule has 4 heteroatoms. The minimum Gasteiger partial charge on any atom is -0.447 e. The maximum atomic E-state index is 11.5. The summed E-state index contributed by atoms with van der Waals surface area (Å²) in [6.07, 6.45) is 1.86. The summed E-state index contributed by atoms with van der Waals surface area (Å²) in [7, 11) is 0. The topological polar surface area (TPSA) is 47.6 Å². The van der Waals surface area contributed by atoms with Crippen molar-refractivity contribution in [2.75, 3.05) is 26.4 Å². The standard InChI is InChI=1S/C16H31NO3/c1-7-16(5,6)10-14(4)11-17-15(18)20-9-8-19-12-13(2)3/h14H,2,7-12H2,1,3-6H3,(H,17,18). The fourth-order valence-electron chi connectivity index (χ4n) is 1.91. The van der Waals surface area contributed by atoms with Crippen LogP contribution in [0.25, 0.3) is 0 Å². The summed E-state index contributed by atoms with van der Waals surface area (Å²) in [5.74, 6) is 0.442. The molecular formula is C16H31NO3. The van der Waals surface area contributed by atoms with Crippen LogP contribution < -0.4 is 5.32 Å². The maximum absolute atomic E-state index is 11.5. The summed E-state index contributed by atoms with van der Waals surface area (Å²) < 4.78 is 10.3. The minimum atomic E-state index is -0.370. The third-order valence-corrected chi connectivity index (χ3v) is 3.26. The smallest absolute Gasteiger partial charge is 0.407 e. The zero-order chi connectivity index (χ0) is 15.6. The number of ether oxygens (including phenoxy) is 2. The van der Waals surface area contributed by atoms with Crippen molar-refractivity contribution < 1.29 is 14.3 Å². The molecule has 0 aliphatic carbocycles. The molecule has 0 saturated heterocycles. The van der Waals surface area contributed by atoms with Crippen molar-refractivity contribution in [3.8, 4) is 0 Å². The van der Waals surface area contributed by atoms with E-state index >= 15 is 0 Å². The second-order valence-electron chi connectivity index (χ2n) is 6.35. The predicted octanol–water partition coefficient (Wildman–Crippen LogP) is 3.77. The van der Waals surface area contributed by atoms with Crippen molar-refractivity contribution in [3.05, 3.63) is 12.2 Å². The number of alkyl carbamates (subject to hydrolysis) is 1. The number of carbonyl (C=O) groups is 1. The Morgan fingerprint density at radius 3 is 2.55 bits per heavy atom. The van der Waals surface area contributed by atoms with Crippen molar-refractivity contribution in [3.63, 3.8) is 0 Å². The Hall–Kier alpha value is -1.03. The van der Waals surface area contributed by atoms with Crippen molar-refractivity contribution >= 4 is 6.09 Å². The summed E-state index contributed by atoms with van der Waals surface area (Å²) in [6, 6.07) is 0. The van der Waals surface area contributed by atoms with Crippen LogP contribution >= 0.6 is 0 Å². The first-order chi connectivity index (χ1) is 9.26. The monoisotopic (exact) mass is 285 g/mol. The SMILES string of the molecule is C=C(C)COCCOC(=O)NCC(C)CC(C)(C)CC. The molecule has 0 aromatic rings. The second-order valence-corrected chi connectivity index (χ2v) is 6.35. The van der Waals surface area contributed by atoms with Crippen LogP contribution in [0.5, 0.6) is 0 Å². The molecule has 1 amide bonds. The molecule has 0 aromatic heterocycles. The van der Waals surface area contributed by atoms with Gasteiger partial charge in [-0.3, -0.25) is 0 Å². The Labute approximate surface area is 123 Å². The maximum Gasteiger partial charge on any atom is 0.407 e. The van der Waals surface area contributed by atoms with Gasteiger partial charge in [0.05, 0.1) is 13.2 Å². The fraction of sp³-hybridized carbons (Fsp3) is 0.812. The lowest BCUT2D eigenvalue weighted by Gasteiger charge is -2.26. The summed E-state index contributed by atoms with van der Waals surface area (Å²) in [5.41, 5.74) is 1.28. The van der Waals surface area contributed by atoms with Crippen molar-refractivity contribution in [1.29, 1.82) is 0 Å². The van der Waals surface area contributed by atoms with Gasteiger partial charge in [-0.2, -0.15) is 0 Å². The van der Waals surface area contributed by atoms with E-state index in [0.29, 0.717) is 31.1 Å². The number of rotatable bonds is 10. The molecular weight excluding hydrogens is 254 g/mol. The quantitative estimate of drug-likeness (QED) is 0.491. The zero-order valence-electron chi connectivity index (χ0n) is 13.8. The molecule has 1 atom stereocenters. The van der Waals surface area contributed by atoms with E-state index in [0.717, 1.165) is 18.4 Å². The predicted molar refractivity (Wildman–Crippen MR) is 82.8 cm³/mol. The summed E-state index contributed by atoms with van der Waals surface area (Å²) in [5, 5.41) is 2.79. The number of hydrogen-bond acceptors (Lipinski definition) is 3. The highest BCUT2D eigenvalue weighted by Gasteiger charge is 2.19. The van der Waals surface area contributed by atoms with Crippen LogP contribution in [0.2, 0.25) is 0 Å². The number of nitrogens with one attached hydrogen (secondary N) is 1. The molecule has 0 aromatic carbocycles. The molecule has 20 heavy (non-hydrogen) atoms. The molecule has 1 unspecified atom stereocenters. The molecule has 0 fully saturated rings. The van der Waals surface area contributed by atoms with Gasteiger partial charge in [-0.25, -0.2) is 4.79 Å². The number of amides is 1. The van der Waals surface area contributed by atoms with E-state index in [2.05, 4.69) is 39.6 Å². The van der Waals surface area contributed by atoms with Crippen molar-refractivity contribution in [2.45, 2.75) is 47.5 Å². The van der Waals surface area contributed by atoms with Crippen LogP contribution in [0, 0.1) is 11.3 Å². The third-order valence-electron chi connectivity index (χ3n) is 3.26. The van der Waals surface area contributed by atoms with Crippen LogP contribution in [0.15, 0.2) is 12.2 Å². The minimum absolute atomic E-state index is 0.272. The molecule has 0 bridgehead atoms. The van der Waals surface area contributed by atoms with Gasteiger partial charge in [0.15, 0.2) is 0 Å². The highest BCUT2D eigenvalue weighted by Crippen LogP contribution is 2.28. The van der Waals surface area contributed by atoms with E-state index in [1.807, 2.05) is 6.92 Å². The fourth-order valence-corrected chi connectivity index (χ4v) is 1.91. The molecule has 0 aliphatic heterocycles. The van der Waals surface area contributed by atoms with Gasteiger partial charge in [0.2, 0.25) is 0 Å². The molecule has 0 radical (unpaired) electrons. The Balaban J connectivity index is 3.65. The Morgan fingerprint density at radius 2 is 2.00 bits per heavy atom. The molecule has 0 aliphatic rings. The van der Waals surface area contributed by atoms with Gasteiger partial charge in [0.1, 0.15) is 6.61 Å². The average molecular weight is 285 g/mol. The first kappa shape index (κ1) is 19.0. The van der Waals surface area contributed by atoms with Crippen LogP contribution in [0.4, 0.5) is 4.79 Å². The lowest BCUT2D eigenvalue weighted by molar-refractivity contribution is 0.0820. The average Bonchev–Trinajstić information content (AvgIpc) is 2.35. The molecule has 118 valence electrons. The molecule has 1 N–H and O–H groups in total. The van der Waals surface area contributed by atoms with E-state index in [4.69, 9.17) is 9.47 Å². The van der Waals surface area contributed by atoms with Crippen molar-refractivity contribution in [2.24, 2.45) is 11.3 Å². The molecule has 0 heterocycles. The molecule has 0 rings (SSSR count). The van der Waals surface area contributed by atoms with Gasteiger partial charge >= 0.3 is 6.09 Å². The first-order valence-corrected chi connectivity index (χ1v) is 7.39. The van der Waals surface area contributed by atoms with Gasteiger partial charge < -0.3 is 14.8 Å². The lowest BCUT2D eigenvalue weighted by atomic mass is 9.81. The molecule has 0 saturated carbocycles. The second kappa shape index (κ2) is 9.81. The van der Waals surface area contributed by atoms with Crippen molar-refractivity contribution in [1.82, 2.24) is 5.32 Å². The van der Waals surface area contributed by atoms with Gasteiger partial charge in [0, 0.05) is 6.54 Å². The Bertz CT molecular complexity index is 300. The Kier molecular flexibility index (Phi) is 9.30. The lowest BCUT2D eigenvalue weighted by Crippen LogP contribution is -2.31. The zero-order valence-corrected chi connectivity index (χ0v) is 13.8. The summed E-state index contributed by atoms with van der Waals surface area (Å²) >= 11 is 0. The van der Waals surface area contributed by atoms with Gasteiger partial charge in [0.25, 0.3) is 0 Å². The Morgan fingerprint density at radius 1 is 1.35 bits per heavy atom. The van der Waals surface area contributed by atoms with Gasteiger partial charge in [-0.1, -0.05) is 46.3 Å². The van der Waals surface area contributed by atoms with Gasteiger partial charge in [-0.15, -0.1) is 0 Å². The van der Waals surface area contributed by atoms with Crippen LogP contribution in [-0.2, 0) is 9.47 Å². The molecule has 4 nitrogen and oxygen atoms in total. The van der Waals surface area contributed by atoms with E-state index in [1.165, 1.54) is 0 Å². The molecule has 0 spiro atoms.